The lowest BCUT2D eigenvalue weighted by molar-refractivity contribution is 0.344. The number of nitrogens with zero attached hydrogens (tertiary/aromatic N) is 4. The van der Waals surface area contributed by atoms with Crippen molar-refractivity contribution in [2.75, 3.05) is 25.5 Å². The van der Waals surface area contributed by atoms with Crippen LogP contribution in [0.3, 0.4) is 0 Å². The third-order valence-electron chi connectivity index (χ3n) is 4.18. The first-order chi connectivity index (χ1) is 10.1. The van der Waals surface area contributed by atoms with Gasteiger partial charge in [0.15, 0.2) is 0 Å². The van der Waals surface area contributed by atoms with Crippen LogP contribution in [0.1, 0.15) is 17.5 Å². The van der Waals surface area contributed by atoms with E-state index in [4.69, 9.17) is 0 Å². The van der Waals surface area contributed by atoms with E-state index in [0.717, 1.165) is 13.1 Å². The zero-order valence-corrected chi connectivity index (χ0v) is 13.2. The van der Waals surface area contributed by atoms with E-state index in [9.17, 15) is 0 Å². The van der Waals surface area contributed by atoms with E-state index in [1.54, 1.807) is 0 Å². The molecule has 0 N–H and O–H groups in total. The number of aryl methyl sites for hydroxylation is 2. The SMILES string of the molecule is CN(C)CC1CCc2ccccc2N1Cc1cnn(C)c1. The lowest BCUT2D eigenvalue weighted by atomic mass is 9.95. The molecule has 1 aliphatic rings. The van der Waals surface area contributed by atoms with Crippen molar-refractivity contribution in [3.63, 3.8) is 0 Å². The van der Waals surface area contributed by atoms with Crippen molar-refractivity contribution in [3.05, 3.63) is 47.8 Å². The van der Waals surface area contributed by atoms with Gasteiger partial charge in [0, 0.05) is 43.6 Å². The van der Waals surface area contributed by atoms with Crippen LogP contribution in [-0.4, -0.2) is 41.4 Å². The maximum absolute atomic E-state index is 4.30. The minimum absolute atomic E-state index is 0.565. The molecular weight excluding hydrogens is 260 g/mol. The minimum Gasteiger partial charge on any atom is -0.363 e. The average Bonchev–Trinajstić information content (AvgIpc) is 2.86. The Kier molecular flexibility index (Phi) is 3.97. The summed E-state index contributed by atoms with van der Waals surface area (Å²) in [6.45, 7) is 2.03. The van der Waals surface area contributed by atoms with E-state index in [-0.39, 0.29) is 0 Å². The molecule has 112 valence electrons. The Morgan fingerprint density at radius 2 is 2.10 bits per heavy atom. The molecule has 4 nitrogen and oxygen atoms in total. The number of fused-ring (bicyclic) bond motifs is 1. The van der Waals surface area contributed by atoms with Crippen molar-refractivity contribution < 1.29 is 0 Å². The van der Waals surface area contributed by atoms with Crippen LogP contribution in [0.5, 0.6) is 0 Å². The van der Waals surface area contributed by atoms with Gasteiger partial charge in [-0.1, -0.05) is 18.2 Å². The lowest BCUT2D eigenvalue weighted by Gasteiger charge is -2.40. The monoisotopic (exact) mass is 284 g/mol. The fraction of sp³-hybridized carbons (Fsp3) is 0.471. The molecule has 21 heavy (non-hydrogen) atoms. The lowest BCUT2D eigenvalue weighted by Crippen LogP contribution is -2.44. The topological polar surface area (TPSA) is 24.3 Å². The van der Waals surface area contributed by atoms with Crippen molar-refractivity contribution in [1.29, 1.82) is 0 Å². The fourth-order valence-corrected chi connectivity index (χ4v) is 3.25. The zero-order valence-electron chi connectivity index (χ0n) is 13.2. The summed E-state index contributed by atoms with van der Waals surface area (Å²) in [4.78, 5) is 4.84. The van der Waals surface area contributed by atoms with Crippen LogP contribution < -0.4 is 4.90 Å². The van der Waals surface area contributed by atoms with E-state index in [0.29, 0.717) is 6.04 Å². The zero-order chi connectivity index (χ0) is 14.8. The number of anilines is 1. The van der Waals surface area contributed by atoms with Gasteiger partial charge in [-0.3, -0.25) is 4.68 Å². The van der Waals surface area contributed by atoms with Gasteiger partial charge in [-0.25, -0.2) is 0 Å². The molecule has 3 rings (SSSR count). The molecule has 2 aromatic rings. The summed E-state index contributed by atoms with van der Waals surface area (Å²) in [6.07, 6.45) is 6.49. The first kappa shape index (κ1) is 14.1. The van der Waals surface area contributed by atoms with Gasteiger partial charge in [-0.15, -0.1) is 0 Å². The number of hydrogen-bond acceptors (Lipinski definition) is 3. The van der Waals surface area contributed by atoms with Crippen molar-refractivity contribution in [3.8, 4) is 0 Å². The normalized spacial score (nSPS) is 18.1. The summed E-state index contributed by atoms with van der Waals surface area (Å²) >= 11 is 0. The molecule has 0 fully saturated rings. The van der Waals surface area contributed by atoms with Crippen LogP contribution in [0, 0.1) is 0 Å². The Morgan fingerprint density at radius 3 is 2.81 bits per heavy atom. The smallest absolute Gasteiger partial charge is 0.0539 e. The molecule has 1 aliphatic heterocycles. The first-order valence-electron chi connectivity index (χ1n) is 7.60. The number of para-hydroxylation sites is 1. The Bertz CT molecular complexity index is 602. The van der Waals surface area contributed by atoms with E-state index in [1.165, 1.54) is 29.7 Å². The summed E-state index contributed by atoms with van der Waals surface area (Å²) in [6, 6.07) is 9.38. The summed E-state index contributed by atoms with van der Waals surface area (Å²) in [5, 5.41) is 4.30. The number of rotatable bonds is 4. The standard InChI is InChI=1S/C17H24N4/c1-19(2)13-16-9-8-15-6-4-5-7-17(15)21(16)12-14-10-18-20(3)11-14/h4-7,10-11,16H,8-9,12-13H2,1-3H3. The summed E-state index contributed by atoms with van der Waals surface area (Å²) < 4.78 is 1.88. The van der Waals surface area contributed by atoms with Crippen molar-refractivity contribution >= 4 is 5.69 Å². The molecule has 0 saturated carbocycles. The maximum Gasteiger partial charge on any atom is 0.0539 e. The van der Waals surface area contributed by atoms with Crippen LogP contribution in [-0.2, 0) is 20.0 Å². The average molecular weight is 284 g/mol. The van der Waals surface area contributed by atoms with Gasteiger partial charge >= 0.3 is 0 Å². The molecule has 0 aliphatic carbocycles. The molecule has 0 radical (unpaired) electrons. The molecule has 0 spiro atoms. The molecule has 0 amide bonds. The van der Waals surface area contributed by atoms with Crippen molar-refractivity contribution in [2.24, 2.45) is 7.05 Å². The number of hydrogen-bond donors (Lipinski definition) is 0. The molecule has 0 bridgehead atoms. The molecule has 2 heterocycles. The predicted molar refractivity (Wildman–Crippen MR) is 86.5 cm³/mol. The number of likely N-dealkylation sites (N-methyl/N-ethyl adjacent to an activating group) is 1. The molecule has 1 unspecified atom stereocenters. The first-order valence-corrected chi connectivity index (χ1v) is 7.60. The van der Waals surface area contributed by atoms with Gasteiger partial charge in [-0.05, 0) is 38.6 Å². The van der Waals surface area contributed by atoms with E-state index in [1.807, 2.05) is 17.9 Å². The summed E-state index contributed by atoms with van der Waals surface area (Å²) in [7, 11) is 6.29. The van der Waals surface area contributed by atoms with Gasteiger partial charge in [0.25, 0.3) is 0 Å². The summed E-state index contributed by atoms with van der Waals surface area (Å²) in [5.74, 6) is 0. The Morgan fingerprint density at radius 1 is 1.29 bits per heavy atom. The molecule has 4 heteroatoms. The Labute approximate surface area is 127 Å². The highest BCUT2D eigenvalue weighted by Crippen LogP contribution is 2.32. The highest BCUT2D eigenvalue weighted by Gasteiger charge is 2.26. The maximum atomic E-state index is 4.30. The Balaban J connectivity index is 1.89. The highest BCUT2D eigenvalue weighted by atomic mass is 15.3. The van der Waals surface area contributed by atoms with Gasteiger partial charge in [0.1, 0.15) is 0 Å². The van der Waals surface area contributed by atoms with Gasteiger partial charge in [0.05, 0.1) is 6.20 Å². The van der Waals surface area contributed by atoms with Crippen LogP contribution in [0.4, 0.5) is 5.69 Å². The minimum atomic E-state index is 0.565. The molecule has 1 aromatic heterocycles. The van der Waals surface area contributed by atoms with Gasteiger partial charge < -0.3 is 9.80 Å². The molecular formula is C17H24N4. The second kappa shape index (κ2) is 5.90. The number of aromatic nitrogens is 2. The van der Waals surface area contributed by atoms with Crippen molar-refractivity contribution in [2.45, 2.75) is 25.4 Å². The second-order valence-electron chi connectivity index (χ2n) is 6.23. The predicted octanol–water partition coefficient (Wildman–Crippen LogP) is 2.30. The molecule has 1 atom stereocenters. The van der Waals surface area contributed by atoms with Gasteiger partial charge in [0.2, 0.25) is 0 Å². The van der Waals surface area contributed by atoms with Crippen LogP contribution >= 0.6 is 0 Å². The largest absolute Gasteiger partial charge is 0.363 e. The van der Waals surface area contributed by atoms with E-state index >= 15 is 0 Å². The third-order valence-corrected chi connectivity index (χ3v) is 4.18. The van der Waals surface area contributed by atoms with Gasteiger partial charge in [-0.2, -0.15) is 5.10 Å². The quantitative estimate of drug-likeness (QED) is 0.861. The van der Waals surface area contributed by atoms with Crippen molar-refractivity contribution in [1.82, 2.24) is 14.7 Å². The molecule has 0 saturated heterocycles. The third kappa shape index (κ3) is 3.10. The van der Waals surface area contributed by atoms with Crippen LogP contribution in [0.15, 0.2) is 36.7 Å². The highest BCUT2D eigenvalue weighted by molar-refractivity contribution is 5.56. The molecule has 1 aromatic carbocycles. The Hall–Kier alpha value is -1.81. The van der Waals surface area contributed by atoms with E-state index in [2.05, 4.69) is 59.5 Å². The van der Waals surface area contributed by atoms with Crippen LogP contribution in [0.2, 0.25) is 0 Å². The second-order valence-corrected chi connectivity index (χ2v) is 6.23. The number of benzene rings is 1. The fourth-order valence-electron chi connectivity index (χ4n) is 3.25. The van der Waals surface area contributed by atoms with E-state index < -0.39 is 0 Å². The van der Waals surface area contributed by atoms with Crippen LogP contribution in [0.25, 0.3) is 0 Å². The summed E-state index contributed by atoms with van der Waals surface area (Å²) in [5.41, 5.74) is 4.13.